The van der Waals surface area contributed by atoms with Crippen molar-refractivity contribution in [3.8, 4) is 0 Å². The van der Waals surface area contributed by atoms with E-state index in [2.05, 4.69) is 6.92 Å². The van der Waals surface area contributed by atoms with E-state index in [1.807, 2.05) is 0 Å². The van der Waals surface area contributed by atoms with Crippen LogP contribution in [0.2, 0.25) is 0 Å². The molecule has 0 saturated carbocycles. The summed E-state index contributed by atoms with van der Waals surface area (Å²) in [5.74, 6) is -1.01. The van der Waals surface area contributed by atoms with Crippen LogP contribution in [0.5, 0.6) is 0 Å². The molecule has 1 aliphatic heterocycles. The Morgan fingerprint density at radius 2 is 2.13 bits per heavy atom. The second-order valence-electron chi connectivity index (χ2n) is 3.89. The SMILES string of the molecule is CC1CC(N)c2ccc(F)c(F)c2CS1. The molecule has 0 bridgehead atoms. The summed E-state index contributed by atoms with van der Waals surface area (Å²) in [5.41, 5.74) is 7.15. The Hall–Kier alpha value is -0.610. The molecule has 4 heteroatoms. The van der Waals surface area contributed by atoms with Gasteiger partial charge in [-0.2, -0.15) is 11.8 Å². The van der Waals surface area contributed by atoms with Gasteiger partial charge in [-0.25, -0.2) is 8.78 Å². The van der Waals surface area contributed by atoms with Gasteiger partial charge in [0.2, 0.25) is 0 Å². The first-order valence-electron chi connectivity index (χ1n) is 4.93. The highest BCUT2D eigenvalue weighted by molar-refractivity contribution is 7.99. The highest BCUT2D eigenvalue weighted by Gasteiger charge is 2.23. The van der Waals surface area contributed by atoms with Crippen molar-refractivity contribution < 1.29 is 8.78 Å². The first-order valence-corrected chi connectivity index (χ1v) is 5.98. The third kappa shape index (κ3) is 2.01. The molecule has 2 unspecified atom stereocenters. The Labute approximate surface area is 92.0 Å². The Morgan fingerprint density at radius 1 is 1.40 bits per heavy atom. The first kappa shape index (κ1) is 10.9. The fourth-order valence-corrected chi connectivity index (χ4v) is 2.97. The maximum absolute atomic E-state index is 13.5. The minimum absolute atomic E-state index is 0.180. The Bertz CT molecular complexity index is 381. The summed E-state index contributed by atoms with van der Waals surface area (Å²) in [6.45, 7) is 2.06. The van der Waals surface area contributed by atoms with Gasteiger partial charge in [-0.1, -0.05) is 13.0 Å². The van der Waals surface area contributed by atoms with Crippen LogP contribution < -0.4 is 5.73 Å². The lowest BCUT2D eigenvalue weighted by molar-refractivity contribution is 0.498. The topological polar surface area (TPSA) is 26.0 Å². The predicted octanol–water partition coefficient (Wildman–Crippen LogP) is 2.99. The van der Waals surface area contributed by atoms with Gasteiger partial charge in [0.05, 0.1) is 0 Å². The molecule has 0 radical (unpaired) electrons. The van der Waals surface area contributed by atoms with Gasteiger partial charge < -0.3 is 5.73 Å². The average molecular weight is 229 g/mol. The first-order chi connectivity index (χ1) is 7.09. The third-order valence-electron chi connectivity index (χ3n) is 2.73. The van der Waals surface area contributed by atoms with Crippen molar-refractivity contribution in [3.05, 3.63) is 34.9 Å². The van der Waals surface area contributed by atoms with E-state index in [-0.39, 0.29) is 6.04 Å². The van der Waals surface area contributed by atoms with Crippen molar-refractivity contribution in [2.24, 2.45) is 5.73 Å². The van der Waals surface area contributed by atoms with Crippen LogP contribution in [-0.2, 0) is 5.75 Å². The average Bonchev–Trinajstić information content (AvgIpc) is 2.32. The van der Waals surface area contributed by atoms with Crippen LogP contribution in [0.4, 0.5) is 8.78 Å². The zero-order chi connectivity index (χ0) is 11.0. The van der Waals surface area contributed by atoms with Crippen molar-refractivity contribution in [1.29, 1.82) is 0 Å². The smallest absolute Gasteiger partial charge is 0.163 e. The molecule has 1 aromatic rings. The number of thioether (sulfide) groups is 1. The molecule has 0 spiro atoms. The molecule has 0 saturated heterocycles. The van der Waals surface area contributed by atoms with Crippen molar-refractivity contribution in [3.63, 3.8) is 0 Å². The molecule has 0 fully saturated rings. The van der Waals surface area contributed by atoms with Crippen LogP contribution in [0.3, 0.4) is 0 Å². The van der Waals surface area contributed by atoms with Crippen LogP contribution >= 0.6 is 11.8 Å². The van der Waals surface area contributed by atoms with E-state index in [0.717, 1.165) is 18.1 Å². The number of benzene rings is 1. The molecule has 82 valence electrons. The standard InChI is InChI=1S/C11H13F2NS/c1-6-4-10(14)7-2-3-9(12)11(13)8(7)5-15-6/h2-3,6,10H,4-5,14H2,1H3. The fraction of sp³-hybridized carbons (Fsp3) is 0.455. The molecule has 1 heterocycles. The zero-order valence-corrected chi connectivity index (χ0v) is 9.28. The van der Waals surface area contributed by atoms with E-state index in [1.54, 1.807) is 17.8 Å². The normalized spacial score (nSPS) is 25.9. The van der Waals surface area contributed by atoms with Crippen molar-refractivity contribution in [2.75, 3.05) is 0 Å². The molecule has 1 aromatic carbocycles. The van der Waals surface area contributed by atoms with Crippen LogP contribution in [0.1, 0.15) is 30.5 Å². The van der Waals surface area contributed by atoms with Gasteiger partial charge >= 0.3 is 0 Å². The summed E-state index contributed by atoms with van der Waals surface area (Å²) in [6, 6.07) is 2.59. The summed E-state index contributed by atoms with van der Waals surface area (Å²) in [5, 5.41) is 0.384. The lowest BCUT2D eigenvalue weighted by Gasteiger charge is -2.13. The minimum Gasteiger partial charge on any atom is -0.324 e. The fourth-order valence-electron chi connectivity index (χ4n) is 1.88. The highest BCUT2D eigenvalue weighted by Crippen LogP contribution is 2.35. The van der Waals surface area contributed by atoms with Crippen LogP contribution in [0, 0.1) is 11.6 Å². The molecule has 2 atom stereocenters. The monoisotopic (exact) mass is 229 g/mol. The molecular weight excluding hydrogens is 216 g/mol. The number of hydrogen-bond donors (Lipinski definition) is 1. The van der Waals surface area contributed by atoms with Crippen LogP contribution in [0.15, 0.2) is 12.1 Å². The summed E-state index contributed by atoms with van der Waals surface area (Å²) in [4.78, 5) is 0. The third-order valence-corrected chi connectivity index (χ3v) is 3.95. The van der Waals surface area contributed by atoms with Gasteiger partial charge in [-0.3, -0.25) is 0 Å². The van der Waals surface area contributed by atoms with Gasteiger partial charge in [0.1, 0.15) is 0 Å². The molecule has 1 aliphatic rings. The second-order valence-corrected chi connectivity index (χ2v) is 5.32. The molecule has 15 heavy (non-hydrogen) atoms. The number of rotatable bonds is 0. The van der Waals surface area contributed by atoms with E-state index in [0.29, 0.717) is 16.6 Å². The van der Waals surface area contributed by atoms with Gasteiger partial charge in [0.25, 0.3) is 0 Å². The van der Waals surface area contributed by atoms with Crippen LogP contribution in [0.25, 0.3) is 0 Å². The zero-order valence-electron chi connectivity index (χ0n) is 8.47. The summed E-state index contributed by atoms with van der Waals surface area (Å²) < 4.78 is 26.6. The van der Waals surface area contributed by atoms with Gasteiger partial charge in [0, 0.05) is 22.6 Å². The van der Waals surface area contributed by atoms with Crippen LogP contribution in [-0.4, -0.2) is 5.25 Å². The molecule has 0 aliphatic carbocycles. The van der Waals surface area contributed by atoms with E-state index < -0.39 is 11.6 Å². The van der Waals surface area contributed by atoms with E-state index >= 15 is 0 Å². The second kappa shape index (κ2) is 4.10. The summed E-state index contributed by atoms with van der Waals surface area (Å²) >= 11 is 1.62. The van der Waals surface area contributed by atoms with E-state index in [4.69, 9.17) is 5.73 Å². The Kier molecular flexibility index (Phi) is 2.98. The van der Waals surface area contributed by atoms with Gasteiger partial charge in [-0.05, 0) is 18.1 Å². The largest absolute Gasteiger partial charge is 0.324 e. The highest BCUT2D eigenvalue weighted by atomic mass is 32.2. The van der Waals surface area contributed by atoms with E-state index in [1.165, 1.54) is 0 Å². The summed E-state index contributed by atoms with van der Waals surface area (Å²) in [6.07, 6.45) is 0.808. The summed E-state index contributed by atoms with van der Waals surface area (Å²) in [7, 11) is 0. The van der Waals surface area contributed by atoms with Crippen molar-refractivity contribution in [2.45, 2.75) is 30.4 Å². The predicted molar refractivity (Wildman–Crippen MR) is 58.7 cm³/mol. The quantitative estimate of drug-likeness (QED) is 0.740. The van der Waals surface area contributed by atoms with E-state index in [9.17, 15) is 8.78 Å². The Balaban J connectivity index is 2.48. The van der Waals surface area contributed by atoms with Crippen molar-refractivity contribution >= 4 is 11.8 Å². The van der Waals surface area contributed by atoms with Gasteiger partial charge in [0.15, 0.2) is 11.6 Å². The van der Waals surface area contributed by atoms with Gasteiger partial charge in [-0.15, -0.1) is 0 Å². The number of nitrogens with two attached hydrogens (primary N) is 1. The maximum atomic E-state index is 13.5. The molecule has 2 rings (SSSR count). The maximum Gasteiger partial charge on any atom is 0.163 e. The lowest BCUT2D eigenvalue weighted by Crippen LogP contribution is -2.14. The Morgan fingerprint density at radius 3 is 2.87 bits per heavy atom. The number of halogens is 2. The molecule has 2 N–H and O–H groups in total. The molecule has 0 amide bonds. The molecule has 0 aromatic heterocycles. The molecular formula is C11H13F2NS. The number of fused-ring (bicyclic) bond motifs is 1. The minimum atomic E-state index is -0.781. The molecule has 1 nitrogen and oxygen atoms in total. The van der Waals surface area contributed by atoms with Crippen molar-refractivity contribution in [1.82, 2.24) is 0 Å². The number of hydrogen-bond acceptors (Lipinski definition) is 2. The lowest BCUT2D eigenvalue weighted by atomic mass is 9.98.